The maximum Gasteiger partial charge on any atom is 0.346 e. The molecule has 0 saturated carbocycles. The van der Waals surface area contributed by atoms with Crippen LogP contribution in [-0.2, 0) is 9.53 Å². The fourth-order valence-electron chi connectivity index (χ4n) is 1.40. The topological polar surface area (TPSA) is 78.6 Å². The van der Waals surface area contributed by atoms with Gasteiger partial charge in [-0.25, -0.2) is 4.79 Å². The van der Waals surface area contributed by atoms with Crippen molar-refractivity contribution in [3.05, 3.63) is 22.2 Å². The number of ketones is 1. The average molecular weight is 316 g/mol. The highest BCUT2D eigenvalue weighted by Gasteiger charge is 2.20. The molecular formula is C12H14BrNO4. The summed E-state index contributed by atoms with van der Waals surface area (Å²) in [5.41, 5.74) is 6.39. The Bertz CT molecular complexity index is 487. The van der Waals surface area contributed by atoms with Crippen molar-refractivity contribution in [2.45, 2.75) is 20.0 Å². The van der Waals surface area contributed by atoms with Crippen molar-refractivity contribution in [2.75, 3.05) is 12.8 Å². The van der Waals surface area contributed by atoms with Gasteiger partial charge in [0.05, 0.1) is 18.4 Å². The van der Waals surface area contributed by atoms with Gasteiger partial charge in [-0.2, -0.15) is 0 Å². The lowest BCUT2D eigenvalue weighted by Gasteiger charge is -2.17. The van der Waals surface area contributed by atoms with Gasteiger partial charge in [0.25, 0.3) is 0 Å². The van der Waals surface area contributed by atoms with Gasteiger partial charge in [0, 0.05) is 4.47 Å². The van der Waals surface area contributed by atoms with E-state index in [0.29, 0.717) is 10.0 Å². The first-order chi connectivity index (χ1) is 8.36. The van der Waals surface area contributed by atoms with E-state index in [9.17, 15) is 9.59 Å². The molecule has 1 atom stereocenters. The number of benzene rings is 1. The molecule has 0 radical (unpaired) electrons. The van der Waals surface area contributed by atoms with Crippen LogP contribution in [0.1, 0.15) is 24.2 Å². The largest absolute Gasteiger partial charge is 0.476 e. The molecule has 0 aliphatic carbocycles. The number of methoxy groups -OCH3 is 1. The highest BCUT2D eigenvalue weighted by molar-refractivity contribution is 9.10. The normalized spacial score (nSPS) is 11.8. The highest BCUT2D eigenvalue weighted by Crippen LogP contribution is 2.32. The van der Waals surface area contributed by atoms with Crippen molar-refractivity contribution < 1.29 is 19.1 Å². The van der Waals surface area contributed by atoms with E-state index in [1.807, 2.05) is 0 Å². The van der Waals surface area contributed by atoms with Crippen molar-refractivity contribution in [2.24, 2.45) is 0 Å². The van der Waals surface area contributed by atoms with E-state index < -0.39 is 12.1 Å². The van der Waals surface area contributed by atoms with Crippen molar-refractivity contribution in [3.8, 4) is 5.75 Å². The van der Waals surface area contributed by atoms with E-state index in [4.69, 9.17) is 10.5 Å². The minimum Gasteiger partial charge on any atom is -0.476 e. The molecule has 5 nitrogen and oxygen atoms in total. The molecule has 0 aliphatic heterocycles. The Morgan fingerprint density at radius 1 is 1.39 bits per heavy atom. The quantitative estimate of drug-likeness (QED) is 0.523. The molecule has 0 saturated heterocycles. The standard InChI is InChI=1S/C12H14BrNO4/c1-6(15)9-4-8(13)5-10(14)11(9)18-7(2)12(16)17-3/h4-5,7H,14H2,1-3H3. The molecule has 18 heavy (non-hydrogen) atoms. The number of carbonyl (C=O) groups excluding carboxylic acids is 2. The van der Waals surface area contributed by atoms with Crippen LogP contribution < -0.4 is 10.5 Å². The van der Waals surface area contributed by atoms with Crippen LogP contribution >= 0.6 is 15.9 Å². The molecule has 1 aromatic rings. The Morgan fingerprint density at radius 3 is 2.50 bits per heavy atom. The van der Waals surface area contributed by atoms with E-state index in [0.717, 1.165) is 0 Å². The van der Waals surface area contributed by atoms with Crippen LogP contribution in [0.4, 0.5) is 5.69 Å². The number of esters is 1. The first kappa shape index (κ1) is 14.5. The minimum atomic E-state index is -0.837. The Kier molecular flexibility index (Phi) is 4.72. The Hall–Kier alpha value is -1.56. The van der Waals surface area contributed by atoms with E-state index in [2.05, 4.69) is 20.7 Å². The molecule has 0 amide bonds. The average Bonchev–Trinajstić information content (AvgIpc) is 2.30. The van der Waals surface area contributed by atoms with Gasteiger partial charge in [0.1, 0.15) is 0 Å². The lowest BCUT2D eigenvalue weighted by Crippen LogP contribution is -2.26. The van der Waals surface area contributed by atoms with E-state index in [1.165, 1.54) is 21.0 Å². The summed E-state index contributed by atoms with van der Waals surface area (Å²) in [5, 5.41) is 0. The smallest absolute Gasteiger partial charge is 0.346 e. The molecule has 1 aromatic carbocycles. The zero-order chi connectivity index (χ0) is 13.9. The Morgan fingerprint density at radius 2 is 2.00 bits per heavy atom. The molecule has 2 N–H and O–H groups in total. The number of hydrogen-bond acceptors (Lipinski definition) is 5. The number of nitrogens with two attached hydrogens (primary N) is 1. The molecular weight excluding hydrogens is 302 g/mol. The van der Waals surface area contributed by atoms with Crippen molar-refractivity contribution in [1.82, 2.24) is 0 Å². The van der Waals surface area contributed by atoms with E-state index in [1.54, 1.807) is 12.1 Å². The van der Waals surface area contributed by atoms with E-state index >= 15 is 0 Å². The van der Waals surface area contributed by atoms with Gasteiger partial charge in [0.2, 0.25) is 0 Å². The Labute approximate surface area is 113 Å². The fraction of sp³-hybridized carbons (Fsp3) is 0.333. The van der Waals surface area contributed by atoms with Gasteiger partial charge < -0.3 is 15.2 Å². The highest BCUT2D eigenvalue weighted by atomic mass is 79.9. The lowest BCUT2D eigenvalue weighted by molar-refractivity contribution is -0.147. The number of carbonyl (C=O) groups is 2. The molecule has 0 aliphatic rings. The summed E-state index contributed by atoms with van der Waals surface area (Å²) >= 11 is 3.24. The van der Waals surface area contributed by atoms with Gasteiger partial charge in [-0.3, -0.25) is 4.79 Å². The van der Waals surface area contributed by atoms with Gasteiger partial charge in [0.15, 0.2) is 17.6 Å². The zero-order valence-electron chi connectivity index (χ0n) is 10.3. The molecule has 0 spiro atoms. The second-order valence-corrected chi connectivity index (χ2v) is 4.63. The molecule has 0 heterocycles. The van der Waals surface area contributed by atoms with Crippen LogP contribution in [0.5, 0.6) is 5.75 Å². The third-order valence-corrected chi connectivity index (χ3v) is 2.75. The lowest BCUT2D eigenvalue weighted by atomic mass is 10.1. The number of Topliss-reactive ketones (excluding diaryl/α,β-unsaturated/α-hetero) is 1. The number of nitrogen functional groups attached to an aromatic ring is 1. The predicted octanol–water partition coefficient (Wildman–Crippen LogP) is 2.17. The minimum absolute atomic E-state index is 0.198. The molecule has 1 rings (SSSR count). The second kappa shape index (κ2) is 5.86. The maximum absolute atomic E-state index is 11.5. The third kappa shape index (κ3) is 3.22. The number of anilines is 1. The molecule has 0 fully saturated rings. The zero-order valence-corrected chi connectivity index (χ0v) is 11.9. The van der Waals surface area contributed by atoms with Crippen LogP contribution in [0.15, 0.2) is 16.6 Å². The first-order valence-electron chi connectivity index (χ1n) is 5.21. The SMILES string of the molecule is COC(=O)C(C)Oc1c(N)cc(Br)cc1C(C)=O. The van der Waals surface area contributed by atoms with E-state index in [-0.39, 0.29) is 17.2 Å². The van der Waals surface area contributed by atoms with Crippen LogP contribution in [-0.4, -0.2) is 25.0 Å². The maximum atomic E-state index is 11.5. The molecule has 0 aromatic heterocycles. The van der Waals surface area contributed by atoms with Crippen LogP contribution in [0.25, 0.3) is 0 Å². The van der Waals surface area contributed by atoms with Crippen molar-refractivity contribution in [3.63, 3.8) is 0 Å². The summed E-state index contributed by atoms with van der Waals surface area (Å²) in [5.74, 6) is -0.537. The number of halogens is 1. The Balaban J connectivity index is 3.15. The van der Waals surface area contributed by atoms with Gasteiger partial charge in [-0.15, -0.1) is 0 Å². The number of ether oxygens (including phenoxy) is 2. The second-order valence-electron chi connectivity index (χ2n) is 3.71. The first-order valence-corrected chi connectivity index (χ1v) is 6.00. The molecule has 0 bridgehead atoms. The summed E-state index contributed by atoms with van der Waals surface area (Å²) in [6.45, 7) is 2.92. The molecule has 6 heteroatoms. The monoisotopic (exact) mass is 315 g/mol. The number of hydrogen-bond donors (Lipinski definition) is 1. The molecule has 98 valence electrons. The molecule has 1 unspecified atom stereocenters. The van der Waals surface area contributed by atoms with Crippen LogP contribution in [0.3, 0.4) is 0 Å². The summed E-state index contributed by atoms with van der Waals surface area (Å²) in [4.78, 5) is 22.8. The fourth-order valence-corrected chi connectivity index (χ4v) is 1.87. The van der Waals surface area contributed by atoms with Crippen molar-refractivity contribution in [1.29, 1.82) is 0 Å². The van der Waals surface area contributed by atoms with Gasteiger partial charge in [-0.1, -0.05) is 15.9 Å². The van der Waals surface area contributed by atoms with Crippen molar-refractivity contribution >= 4 is 33.4 Å². The summed E-state index contributed by atoms with van der Waals surface area (Å²) < 4.78 is 10.6. The van der Waals surface area contributed by atoms with Gasteiger partial charge in [-0.05, 0) is 26.0 Å². The van der Waals surface area contributed by atoms with Crippen LogP contribution in [0, 0.1) is 0 Å². The predicted molar refractivity (Wildman–Crippen MR) is 70.7 cm³/mol. The summed E-state index contributed by atoms with van der Waals surface area (Å²) in [6, 6.07) is 3.20. The summed E-state index contributed by atoms with van der Waals surface area (Å²) in [7, 11) is 1.26. The van der Waals surface area contributed by atoms with Gasteiger partial charge >= 0.3 is 5.97 Å². The number of rotatable bonds is 4. The summed E-state index contributed by atoms with van der Waals surface area (Å²) in [6.07, 6.45) is -0.837. The van der Waals surface area contributed by atoms with Crippen LogP contribution in [0.2, 0.25) is 0 Å². The third-order valence-electron chi connectivity index (χ3n) is 2.29.